The molecule has 9 nitrogen and oxygen atoms in total. The largest absolute Gasteiger partial charge is 0.444 e. The molecule has 214 valence electrons. The van der Waals surface area contributed by atoms with Gasteiger partial charge < -0.3 is 25.7 Å². The van der Waals surface area contributed by atoms with Crippen LogP contribution in [0.15, 0.2) is 36.7 Å². The number of nitrogens with one attached hydrogen (secondary N) is 4. The van der Waals surface area contributed by atoms with Gasteiger partial charge >= 0.3 is 6.09 Å². The molecule has 2 heterocycles. The first-order valence-electron chi connectivity index (χ1n) is 14.3. The topological polar surface area (TPSA) is 121 Å². The highest BCUT2D eigenvalue weighted by Crippen LogP contribution is 2.33. The number of ether oxygens (including phenoxy) is 1. The van der Waals surface area contributed by atoms with E-state index in [0.29, 0.717) is 16.7 Å². The summed E-state index contributed by atoms with van der Waals surface area (Å²) in [5.74, 6) is 0.631. The van der Waals surface area contributed by atoms with Gasteiger partial charge in [-0.05, 0) is 78.2 Å². The van der Waals surface area contributed by atoms with E-state index < -0.39 is 5.60 Å². The van der Waals surface area contributed by atoms with Crippen molar-refractivity contribution in [1.29, 1.82) is 0 Å². The first kappa shape index (κ1) is 28.2. The number of carbonyl (C=O) groups excluding carboxylic acids is 2. The van der Waals surface area contributed by atoms with Crippen molar-refractivity contribution in [2.24, 2.45) is 5.92 Å². The maximum absolute atomic E-state index is 13.1. The molecule has 2 aliphatic rings. The van der Waals surface area contributed by atoms with Crippen LogP contribution >= 0.6 is 11.6 Å². The van der Waals surface area contributed by atoms with Crippen LogP contribution in [0.25, 0.3) is 22.2 Å². The van der Waals surface area contributed by atoms with Gasteiger partial charge in [0, 0.05) is 46.7 Å². The van der Waals surface area contributed by atoms with Crippen LogP contribution in [-0.4, -0.2) is 50.7 Å². The van der Waals surface area contributed by atoms with E-state index in [1.54, 1.807) is 6.20 Å². The third kappa shape index (κ3) is 7.05. The van der Waals surface area contributed by atoms with Gasteiger partial charge in [-0.2, -0.15) is 0 Å². The average Bonchev–Trinajstić information content (AvgIpc) is 3.33. The van der Waals surface area contributed by atoms with E-state index in [9.17, 15) is 9.59 Å². The van der Waals surface area contributed by atoms with E-state index in [2.05, 4.69) is 25.9 Å². The molecule has 0 spiro atoms. The summed E-state index contributed by atoms with van der Waals surface area (Å²) in [6.07, 6.45) is 10.0. The van der Waals surface area contributed by atoms with Crippen molar-refractivity contribution in [2.75, 3.05) is 5.32 Å². The number of para-hydroxylation sites is 1. The van der Waals surface area contributed by atoms with E-state index >= 15 is 0 Å². The number of amides is 2. The van der Waals surface area contributed by atoms with Crippen LogP contribution in [-0.2, 0) is 9.53 Å². The molecule has 2 atom stereocenters. The molecule has 1 aromatic carbocycles. The molecule has 2 fully saturated rings. The highest BCUT2D eigenvalue weighted by molar-refractivity contribution is 6.33. The smallest absolute Gasteiger partial charge is 0.407 e. The molecule has 5 rings (SSSR count). The molecule has 2 aromatic heterocycles. The van der Waals surface area contributed by atoms with Crippen molar-refractivity contribution in [1.82, 2.24) is 25.6 Å². The second kappa shape index (κ2) is 12.0. The highest BCUT2D eigenvalue weighted by atomic mass is 35.5. The van der Waals surface area contributed by atoms with Crippen LogP contribution < -0.4 is 16.0 Å². The normalized spacial score (nSPS) is 23.4. The van der Waals surface area contributed by atoms with Gasteiger partial charge in [-0.1, -0.05) is 29.8 Å². The number of aromatic nitrogens is 3. The standard InChI is InChI=1S/C30H39ClN6O3/c1-30(2,3)40-29(39)36-19-13-11-18(12-14-19)27(38)34-20-7-6-8-21(15-20)35-28-33-17-24(31)26(37-28)23-16-32-25-10-5-4-9-22(23)25/h4-5,9-10,16-21,32H,6-8,11-15H2,1-3H3,(H,34,38)(H,36,39)(H,33,35,37)/t18?,19?,20?,21-/m1/s1. The number of aromatic amines is 1. The van der Waals surface area contributed by atoms with Crippen LogP contribution in [0.1, 0.15) is 72.1 Å². The first-order valence-corrected chi connectivity index (χ1v) is 14.7. The summed E-state index contributed by atoms with van der Waals surface area (Å²) in [7, 11) is 0. The third-order valence-corrected chi connectivity index (χ3v) is 8.04. The SMILES string of the molecule is CC(C)(C)OC(=O)NC1CCC(C(=O)NC2CCC[C@@H](Nc3ncc(Cl)c(-c4c[nH]c5ccccc45)n3)C2)CC1. The number of anilines is 1. The van der Waals surface area contributed by atoms with Gasteiger partial charge in [0.15, 0.2) is 0 Å². The highest BCUT2D eigenvalue weighted by Gasteiger charge is 2.31. The molecular weight excluding hydrogens is 528 g/mol. The molecule has 1 unspecified atom stereocenters. The lowest BCUT2D eigenvalue weighted by Gasteiger charge is -2.33. The Morgan fingerprint density at radius 2 is 1.75 bits per heavy atom. The fraction of sp³-hybridized carbons (Fsp3) is 0.533. The Labute approximate surface area is 240 Å². The molecule has 2 amide bonds. The molecule has 10 heteroatoms. The maximum Gasteiger partial charge on any atom is 0.407 e. The summed E-state index contributed by atoms with van der Waals surface area (Å²) >= 11 is 6.50. The number of hydrogen-bond donors (Lipinski definition) is 4. The number of benzene rings is 1. The Kier molecular flexibility index (Phi) is 8.49. The van der Waals surface area contributed by atoms with Crippen molar-refractivity contribution in [3.63, 3.8) is 0 Å². The molecule has 2 saturated carbocycles. The number of fused-ring (bicyclic) bond motifs is 1. The van der Waals surface area contributed by atoms with Crippen molar-refractivity contribution in [3.05, 3.63) is 41.7 Å². The van der Waals surface area contributed by atoms with Crippen molar-refractivity contribution in [3.8, 4) is 11.3 Å². The molecule has 3 aromatic rings. The van der Waals surface area contributed by atoms with Crippen LogP contribution in [0, 0.1) is 5.92 Å². The quantitative estimate of drug-likeness (QED) is 0.282. The monoisotopic (exact) mass is 566 g/mol. The van der Waals surface area contributed by atoms with E-state index in [-0.39, 0.29) is 36.0 Å². The van der Waals surface area contributed by atoms with Crippen molar-refractivity contribution < 1.29 is 14.3 Å². The molecule has 0 saturated heterocycles. The minimum absolute atomic E-state index is 0.0247. The van der Waals surface area contributed by atoms with E-state index in [1.807, 2.05) is 51.2 Å². The van der Waals surface area contributed by atoms with Crippen LogP contribution in [0.3, 0.4) is 0 Å². The molecular formula is C30H39ClN6O3. The van der Waals surface area contributed by atoms with Gasteiger partial charge in [-0.25, -0.2) is 14.8 Å². The predicted octanol–water partition coefficient (Wildman–Crippen LogP) is 6.20. The number of halogens is 1. The van der Waals surface area contributed by atoms with E-state index in [4.69, 9.17) is 21.3 Å². The number of alkyl carbamates (subject to hydrolysis) is 1. The summed E-state index contributed by atoms with van der Waals surface area (Å²) in [6, 6.07) is 8.38. The summed E-state index contributed by atoms with van der Waals surface area (Å²) in [5.41, 5.74) is 2.14. The lowest BCUT2D eigenvalue weighted by Crippen LogP contribution is -2.46. The minimum Gasteiger partial charge on any atom is -0.444 e. The Hall–Kier alpha value is -3.33. The zero-order valence-electron chi connectivity index (χ0n) is 23.4. The summed E-state index contributed by atoms with van der Waals surface area (Å²) in [5, 5.41) is 11.3. The number of nitrogens with zero attached hydrogens (tertiary/aromatic N) is 2. The Morgan fingerprint density at radius 3 is 2.52 bits per heavy atom. The second-order valence-electron chi connectivity index (χ2n) is 12.0. The van der Waals surface area contributed by atoms with Crippen molar-refractivity contribution >= 4 is 40.5 Å². The maximum atomic E-state index is 13.1. The summed E-state index contributed by atoms with van der Waals surface area (Å²) in [6.45, 7) is 5.55. The fourth-order valence-corrected chi connectivity index (χ4v) is 6.01. The molecule has 0 aliphatic heterocycles. The average molecular weight is 567 g/mol. The number of hydrogen-bond acceptors (Lipinski definition) is 6. The summed E-state index contributed by atoms with van der Waals surface area (Å²) in [4.78, 5) is 37.6. The van der Waals surface area contributed by atoms with Crippen LogP contribution in [0.5, 0.6) is 0 Å². The van der Waals surface area contributed by atoms with Gasteiger partial charge in [-0.15, -0.1) is 0 Å². The molecule has 2 aliphatic carbocycles. The fourth-order valence-electron chi connectivity index (χ4n) is 5.82. The van der Waals surface area contributed by atoms with Gasteiger partial charge in [0.25, 0.3) is 0 Å². The summed E-state index contributed by atoms with van der Waals surface area (Å²) < 4.78 is 5.36. The Balaban J connectivity index is 1.13. The van der Waals surface area contributed by atoms with E-state index in [1.165, 1.54) is 0 Å². The number of rotatable bonds is 6. The lowest BCUT2D eigenvalue weighted by molar-refractivity contribution is -0.127. The molecule has 0 bridgehead atoms. The van der Waals surface area contributed by atoms with Crippen LogP contribution in [0.2, 0.25) is 5.02 Å². The van der Waals surface area contributed by atoms with Gasteiger partial charge in [-0.3, -0.25) is 4.79 Å². The van der Waals surface area contributed by atoms with Gasteiger partial charge in [0.05, 0.1) is 16.9 Å². The van der Waals surface area contributed by atoms with Gasteiger partial charge in [0.1, 0.15) is 5.60 Å². The zero-order chi connectivity index (χ0) is 28.3. The number of H-pyrrole nitrogens is 1. The Morgan fingerprint density at radius 1 is 1.00 bits per heavy atom. The first-order chi connectivity index (χ1) is 19.1. The zero-order valence-corrected chi connectivity index (χ0v) is 24.2. The molecule has 40 heavy (non-hydrogen) atoms. The predicted molar refractivity (Wildman–Crippen MR) is 157 cm³/mol. The molecule has 4 N–H and O–H groups in total. The number of carbonyl (C=O) groups is 2. The second-order valence-corrected chi connectivity index (χ2v) is 12.5. The molecule has 0 radical (unpaired) electrons. The minimum atomic E-state index is -0.521. The third-order valence-electron chi connectivity index (χ3n) is 7.76. The van der Waals surface area contributed by atoms with Crippen LogP contribution in [0.4, 0.5) is 10.7 Å². The van der Waals surface area contributed by atoms with Gasteiger partial charge in [0.2, 0.25) is 11.9 Å². The Bertz CT molecular complexity index is 1340. The van der Waals surface area contributed by atoms with E-state index in [0.717, 1.165) is 67.8 Å². The lowest BCUT2D eigenvalue weighted by atomic mass is 9.84. The van der Waals surface area contributed by atoms with Crippen molar-refractivity contribution in [2.45, 2.75) is 95.9 Å².